The number of benzene rings is 1. The number of amides is 1. The summed E-state index contributed by atoms with van der Waals surface area (Å²) < 4.78 is 15.6. The molecule has 1 amide bonds. The highest BCUT2D eigenvalue weighted by molar-refractivity contribution is 5.77. The summed E-state index contributed by atoms with van der Waals surface area (Å²) in [4.78, 5) is 26.4. The number of aromatic nitrogens is 1. The molecule has 0 saturated carbocycles. The highest BCUT2D eigenvalue weighted by atomic mass is 16.5. The Bertz CT molecular complexity index is 770. The van der Waals surface area contributed by atoms with Crippen LogP contribution in [0.1, 0.15) is 11.3 Å². The van der Waals surface area contributed by atoms with E-state index in [1.807, 2.05) is 6.07 Å². The molecule has 0 fully saturated rings. The molecule has 2 rings (SSSR count). The third kappa shape index (κ3) is 4.52. The minimum absolute atomic E-state index is 0.113. The van der Waals surface area contributed by atoms with Gasteiger partial charge in [0.2, 0.25) is 5.43 Å². The average Bonchev–Trinajstić information content (AvgIpc) is 2.58. The van der Waals surface area contributed by atoms with Crippen molar-refractivity contribution < 1.29 is 19.0 Å². The molecule has 128 valence electrons. The average molecular weight is 332 g/mol. The Morgan fingerprint density at radius 2 is 1.88 bits per heavy atom. The van der Waals surface area contributed by atoms with Crippen LogP contribution < -0.4 is 25.0 Å². The molecule has 0 atom stereocenters. The molecule has 0 bridgehead atoms. The van der Waals surface area contributed by atoms with Gasteiger partial charge in [0.05, 0.1) is 14.2 Å². The fourth-order valence-electron chi connectivity index (χ4n) is 2.06. The Morgan fingerprint density at radius 3 is 2.54 bits per heavy atom. The SMILES string of the molecule is COc1ccc(CNC(=O)COc2c[nH]c(C)cc2=O)cc1OC. The van der Waals surface area contributed by atoms with Crippen molar-refractivity contribution in [3.63, 3.8) is 0 Å². The normalized spacial score (nSPS) is 10.1. The van der Waals surface area contributed by atoms with Crippen molar-refractivity contribution in [2.45, 2.75) is 13.5 Å². The van der Waals surface area contributed by atoms with Crippen LogP contribution in [0.5, 0.6) is 17.2 Å². The summed E-state index contributed by atoms with van der Waals surface area (Å²) >= 11 is 0. The number of H-pyrrole nitrogens is 1. The van der Waals surface area contributed by atoms with E-state index in [1.165, 1.54) is 12.3 Å². The Hall–Kier alpha value is -2.96. The molecule has 0 aliphatic carbocycles. The van der Waals surface area contributed by atoms with Crippen LogP contribution in [-0.2, 0) is 11.3 Å². The van der Waals surface area contributed by atoms with Gasteiger partial charge in [-0.25, -0.2) is 0 Å². The standard InChI is InChI=1S/C17H20N2O5/c1-11-6-13(20)16(9-18-11)24-10-17(21)19-8-12-4-5-14(22-2)15(7-12)23-3/h4-7,9H,8,10H2,1-3H3,(H,18,20)(H,19,21). The van der Waals surface area contributed by atoms with E-state index in [0.717, 1.165) is 11.3 Å². The summed E-state index contributed by atoms with van der Waals surface area (Å²) in [6.07, 6.45) is 1.44. The van der Waals surface area contributed by atoms with E-state index in [-0.39, 0.29) is 23.7 Å². The number of methoxy groups -OCH3 is 2. The molecule has 2 N–H and O–H groups in total. The summed E-state index contributed by atoms with van der Waals surface area (Å²) in [7, 11) is 3.11. The van der Waals surface area contributed by atoms with E-state index in [1.54, 1.807) is 33.3 Å². The number of nitrogens with one attached hydrogen (secondary N) is 2. The fraction of sp³-hybridized carbons (Fsp3) is 0.294. The number of aryl methyl sites for hydroxylation is 1. The molecule has 7 heteroatoms. The number of hydrogen-bond donors (Lipinski definition) is 2. The van der Waals surface area contributed by atoms with Gasteiger partial charge in [0.1, 0.15) is 0 Å². The zero-order valence-electron chi connectivity index (χ0n) is 13.8. The predicted molar refractivity (Wildman–Crippen MR) is 88.7 cm³/mol. The van der Waals surface area contributed by atoms with Gasteiger partial charge in [0, 0.05) is 24.5 Å². The second-order valence-corrected chi connectivity index (χ2v) is 5.10. The van der Waals surface area contributed by atoms with Crippen LogP contribution in [0.25, 0.3) is 0 Å². The maximum absolute atomic E-state index is 11.8. The Kier molecular flexibility index (Phi) is 5.83. The summed E-state index contributed by atoms with van der Waals surface area (Å²) in [5.41, 5.74) is 1.32. The molecule has 0 radical (unpaired) electrons. The molecular weight excluding hydrogens is 312 g/mol. The van der Waals surface area contributed by atoms with Crippen molar-refractivity contribution in [2.75, 3.05) is 20.8 Å². The minimum atomic E-state index is -0.329. The van der Waals surface area contributed by atoms with E-state index in [9.17, 15) is 9.59 Å². The van der Waals surface area contributed by atoms with Crippen LogP contribution in [0.4, 0.5) is 0 Å². The third-order valence-corrected chi connectivity index (χ3v) is 3.32. The van der Waals surface area contributed by atoms with Crippen molar-refractivity contribution in [2.24, 2.45) is 0 Å². The number of aromatic amines is 1. The van der Waals surface area contributed by atoms with Crippen molar-refractivity contribution in [1.82, 2.24) is 10.3 Å². The van der Waals surface area contributed by atoms with Crippen LogP contribution in [0, 0.1) is 6.92 Å². The quantitative estimate of drug-likeness (QED) is 0.800. The van der Waals surface area contributed by atoms with Crippen LogP contribution >= 0.6 is 0 Å². The first-order valence-corrected chi connectivity index (χ1v) is 7.33. The minimum Gasteiger partial charge on any atom is -0.493 e. The zero-order valence-corrected chi connectivity index (χ0v) is 13.8. The van der Waals surface area contributed by atoms with Crippen LogP contribution in [0.2, 0.25) is 0 Å². The van der Waals surface area contributed by atoms with Crippen molar-refractivity contribution in [3.8, 4) is 17.2 Å². The van der Waals surface area contributed by atoms with E-state index >= 15 is 0 Å². The van der Waals surface area contributed by atoms with Gasteiger partial charge in [-0.05, 0) is 24.6 Å². The number of carbonyl (C=O) groups excluding carboxylic acids is 1. The Morgan fingerprint density at radius 1 is 1.12 bits per heavy atom. The molecule has 0 unspecified atom stereocenters. The lowest BCUT2D eigenvalue weighted by molar-refractivity contribution is -0.123. The molecule has 2 aromatic rings. The van der Waals surface area contributed by atoms with E-state index < -0.39 is 0 Å². The number of hydrogen-bond acceptors (Lipinski definition) is 5. The van der Waals surface area contributed by atoms with Crippen LogP contribution in [0.3, 0.4) is 0 Å². The van der Waals surface area contributed by atoms with Crippen molar-refractivity contribution >= 4 is 5.91 Å². The third-order valence-electron chi connectivity index (χ3n) is 3.32. The lowest BCUT2D eigenvalue weighted by Crippen LogP contribution is -2.29. The molecule has 24 heavy (non-hydrogen) atoms. The monoisotopic (exact) mass is 332 g/mol. The number of carbonyl (C=O) groups is 1. The largest absolute Gasteiger partial charge is 0.493 e. The molecule has 0 spiro atoms. The maximum atomic E-state index is 11.8. The second-order valence-electron chi connectivity index (χ2n) is 5.10. The van der Waals surface area contributed by atoms with Gasteiger partial charge >= 0.3 is 0 Å². The van der Waals surface area contributed by atoms with Gasteiger partial charge in [-0.3, -0.25) is 9.59 Å². The van der Waals surface area contributed by atoms with Crippen LogP contribution in [-0.4, -0.2) is 31.7 Å². The van der Waals surface area contributed by atoms with Crippen molar-refractivity contribution in [3.05, 3.63) is 51.9 Å². The molecule has 0 saturated heterocycles. The summed E-state index contributed by atoms with van der Waals surface area (Å²) in [6.45, 7) is 1.84. The summed E-state index contributed by atoms with van der Waals surface area (Å²) in [6, 6.07) is 6.79. The van der Waals surface area contributed by atoms with Crippen molar-refractivity contribution in [1.29, 1.82) is 0 Å². The number of pyridine rings is 1. The molecule has 1 aromatic carbocycles. The van der Waals surface area contributed by atoms with Gasteiger partial charge in [-0.2, -0.15) is 0 Å². The lowest BCUT2D eigenvalue weighted by Gasteiger charge is -2.10. The van der Waals surface area contributed by atoms with E-state index in [0.29, 0.717) is 18.0 Å². The Labute approximate surface area is 139 Å². The van der Waals surface area contributed by atoms with Gasteiger partial charge in [-0.15, -0.1) is 0 Å². The highest BCUT2D eigenvalue weighted by Crippen LogP contribution is 2.27. The first-order chi connectivity index (χ1) is 11.5. The summed E-state index contributed by atoms with van der Waals surface area (Å²) in [5.74, 6) is 0.993. The smallest absolute Gasteiger partial charge is 0.258 e. The van der Waals surface area contributed by atoms with E-state index in [4.69, 9.17) is 14.2 Å². The van der Waals surface area contributed by atoms with Gasteiger partial charge in [0.25, 0.3) is 5.91 Å². The number of ether oxygens (including phenoxy) is 3. The first-order valence-electron chi connectivity index (χ1n) is 7.33. The molecule has 7 nitrogen and oxygen atoms in total. The fourth-order valence-corrected chi connectivity index (χ4v) is 2.06. The van der Waals surface area contributed by atoms with E-state index in [2.05, 4.69) is 10.3 Å². The molecule has 0 aliphatic rings. The first kappa shape index (κ1) is 17.4. The number of rotatable bonds is 7. The summed E-state index contributed by atoms with van der Waals surface area (Å²) in [5, 5.41) is 2.72. The zero-order chi connectivity index (χ0) is 17.5. The molecule has 0 aliphatic heterocycles. The molecule has 1 aromatic heterocycles. The Balaban J connectivity index is 1.88. The molecule has 1 heterocycles. The van der Waals surface area contributed by atoms with Crippen LogP contribution in [0.15, 0.2) is 35.3 Å². The maximum Gasteiger partial charge on any atom is 0.258 e. The van der Waals surface area contributed by atoms with Gasteiger partial charge < -0.3 is 24.5 Å². The highest BCUT2D eigenvalue weighted by Gasteiger charge is 2.08. The lowest BCUT2D eigenvalue weighted by atomic mass is 10.2. The molecular formula is C17H20N2O5. The second kappa shape index (κ2) is 8.05. The topological polar surface area (TPSA) is 89.7 Å². The van der Waals surface area contributed by atoms with Gasteiger partial charge in [0.15, 0.2) is 23.9 Å². The van der Waals surface area contributed by atoms with Gasteiger partial charge in [-0.1, -0.05) is 6.07 Å². The predicted octanol–water partition coefficient (Wildman–Crippen LogP) is 1.40.